The molecule has 3 heteroatoms. The maximum absolute atomic E-state index is 12.6. The predicted octanol–water partition coefficient (Wildman–Crippen LogP) is 3.12. The first-order chi connectivity index (χ1) is 5.74. The van der Waals surface area contributed by atoms with Crippen LogP contribution in [0.15, 0.2) is 22.7 Å². The second-order valence-electron chi connectivity index (χ2n) is 2.37. The summed E-state index contributed by atoms with van der Waals surface area (Å²) in [5.41, 5.74) is 0.971. The molecular formula is C9H10BrFO. The van der Waals surface area contributed by atoms with E-state index in [1.807, 2.05) is 6.92 Å². The molecule has 0 unspecified atom stereocenters. The zero-order valence-electron chi connectivity index (χ0n) is 6.81. The zero-order chi connectivity index (χ0) is 8.97. The molecule has 1 aromatic carbocycles. The summed E-state index contributed by atoms with van der Waals surface area (Å²) in [5, 5.41) is 0. The molecule has 0 aliphatic heterocycles. The molecule has 1 rings (SSSR count). The molecule has 0 spiro atoms. The van der Waals surface area contributed by atoms with Crippen molar-refractivity contribution in [3.05, 3.63) is 34.1 Å². The smallest absolute Gasteiger partial charge is 0.124 e. The fraction of sp³-hybridized carbons (Fsp3) is 0.333. The summed E-state index contributed by atoms with van der Waals surface area (Å²) in [6, 6.07) is 4.59. The van der Waals surface area contributed by atoms with Crippen LogP contribution in [0.3, 0.4) is 0 Å². The van der Waals surface area contributed by atoms with Gasteiger partial charge < -0.3 is 4.74 Å². The predicted molar refractivity (Wildman–Crippen MR) is 49.4 cm³/mol. The van der Waals surface area contributed by atoms with Crippen LogP contribution < -0.4 is 0 Å². The molecule has 1 aromatic rings. The van der Waals surface area contributed by atoms with Crippen LogP contribution in [0, 0.1) is 5.82 Å². The summed E-state index contributed by atoms with van der Waals surface area (Å²) >= 11 is 3.26. The van der Waals surface area contributed by atoms with Crippen LogP contribution in [-0.2, 0) is 11.3 Å². The summed E-state index contributed by atoms with van der Waals surface area (Å²) in [6.07, 6.45) is 0. The van der Waals surface area contributed by atoms with Crippen molar-refractivity contribution in [3.8, 4) is 0 Å². The van der Waals surface area contributed by atoms with Gasteiger partial charge in [-0.25, -0.2) is 4.39 Å². The Hall–Kier alpha value is -0.410. The lowest BCUT2D eigenvalue weighted by Gasteiger charge is -2.03. The molecule has 0 aliphatic rings. The SMILES string of the molecule is CCOCc1ccc(F)cc1Br. The van der Waals surface area contributed by atoms with E-state index in [1.54, 1.807) is 6.07 Å². The van der Waals surface area contributed by atoms with Crippen molar-refractivity contribution in [2.75, 3.05) is 6.61 Å². The van der Waals surface area contributed by atoms with E-state index < -0.39 is 0 Å². The lowest BCUT2D eigenvalue weighted by atomic mass is 10.2. The monoisotopic (exact) mass is 232 g/mol. The van der Waals surface area contributed by atoms with Gasteiger partial charge >= 0.3 is 0 Å². The number of hydrogen-bond acceptors (Lipinski definition) is 1. The summed E-state index contributed by atoms with van der Waals surface area (Å²) in [6.45, 7) is 3.12. The standard InChI is InChI=1S/C9H10BrFO/c1-2-12-6-7-3-4-8(11)5-9(7)10/h3-5H,2,6H2,1H3. The fourth-order valence-electron chi connectivity index (χ4n) is 0.851. The highest BCUT2D eigenvalue weighted by Gasteiger charge is 2.00. The van der Waals surface area contributed by atoms with Crippen LogP contribution in [0.5, 0.6) is 0 Å². The molecule has 0 bridgehead atoms. The van der Waals surface area contributed by atoms with Crippen molar-refractivity contribution in [3.63, 3.8) is 0 Å². The zero-order valence-corrected chi connectivity index (χ0v) is 8.40. The van der Waals surface area contributed by atoms with E-state index in [1.165, 1.54) is 12.1 Å². The van der Waals surface area contributed by atoms with Crippen LogP contribution in [0.25, 0.3) is 0 Å². The molecule has 0 radical (unpaired) electrons. The van der Waals surface area contributed by atoms with Crippen LogP contribution >= 0.6 is 15.9 Å². The highest BCUT2D eigenvalue weighted by molar-refractivity contribution is 9.10. The first kappa shape index (κ1) is 9.68. The Kier molecular flexibility index (Phi) is 3.69. The molecule has 0 heterocycles. The molecule has 0 amide bonds. The highest BCUT2D eigenvalue weighted by Crippen LogP contribution is 2.18. The molecule has 0 aromatic heterocycles. The Bertz CT molecular complexity index is 263. The van der Waals surface area contributed by atoms with Gasteiger partial charge in [-0.15, -0.1) is 0 Å². The molecule has 0 saturated carbocycles. The third kappa shape index (κ3) is 2.57. The second-order valence-corrected chi connectivity index (χ2v) is 3.23. The molecule has 1 nitrogen and oxygen atoms in total. The Labute approximate surface area is 79.7 Å². The Morgan fingerprint density at radius 3 is 2.83 bits per heavy atom. The van der Waals surface area contributed by atoms with E-state index in [2.05, 4.69) is 15.9 Å². The third-order valence-electron chi connectivity index (χ3n) is 1.48. The van der Waals surface area contributed by atoms with Gasteiger partial charge in [0.2, 0.25) is 0 Å². The van der Waals surface area contributed by atoms with Gasteiger partial charge in [0, 0.05) is 11.1 Å². The fourth-order valence-corrected chi connectivity index (χ4v) is 1.32. The van der Waals surface area contributed by atoms with E-state index in [-0.39, 0.29) is 5.82 Å². The van der Waals surface area contributed by atoms with Gasteiger partial charge in [-0.1, -0.05) is 22.0 Å². The summed E-state index contributed by atoms with van der Waals surface area (Å²) < 4.78 is 18.5. The number of rotatable bonds is 3. The van der Waals surface area contributed by atoms with E-state index >= 15 is 0 Å². The van der Waals surface area contributed by atoms with E-state index in [0.717, 1.165) is 10.0 Å². The molecule has 0 N–H and O–H groups in total. The normalized spacial score (nSPS) is 10.2. The summed E-state index contributed by atoms with van der Waals surface area (Å²) in [4.78, 5) is 0. The minimum Gasteiger partial charge on any atom is -0.377 e. The van der Waals surface area contributed by atoms with Gasteiger partial charge in [-0.05, 0) is 24.6 Å². The van der Waals surface area contributed by atoms with Crippen LogP contribution in [0.2, 0.25) is 0 Å². The molecule has 0 fully saturated rings. The minimum absolute atomic E-state index is 0.234. The molecule has 0 saturated heterocycles. The first-order valence-corrected chi connectivity index (χ1v) is 4.55. The summed E-state index contributed by atoms with van der Waals surface area (Å²) in [7, 11) is 0. The van der Waals surface area contributed by atoms with Gasteiger partial charge in [0.1, 0.15) is 5.82 Å². The maximum Gasteiger partial charge on any atom is 0.124 e. The van der Waals surface area contributed by atoms with Crippen molar-refractivity contribution in [2.24, 2.45) is 0 Å². The van der Waals surface area contributed by atoms with Crippen LogP contribution in [0.1, 0.15) is 12.5 Å². The van der Waals surface area contributed by atoms with Gasteiger partial charge in [-0.3, -0.25) is 0 Å². The quantitative estimate of drug-likeness (QED) is 0.779. The number of hydrogen-bond donors (Lipinski definition) is 0. The Balaban J connectivity index is 2.72. The largest absolute Gasteiger partial charge is 0.377 e. The van der Waals surface area contributed by atoms with E-state index in [9.17, 15) is 4.39 Å². The van der Waals surface area contributed by atoms with E-state index in [4.69, 9.17) is 4.74 Å². The van der Waals surface area contributed by atoms with Crippen molar-refractivity contribution in [1.29, 1.82) is 0 Å². The Morgan fingerprint density at radius 2 is 2.25 bits per heavy atom. The second kappa shape index (κ2) is 4.58. The number of ether oxygens (including phenoxy) is 1. The topological polar surface area (TPSA) is 9.23 Å². The van der Waals surface area contributed by atoms with Crippen LogP contribution in [0.4, 0.5) is 4.39 Å². The molecule has 0 aliphatic carbocycles. The average molecular weight is 233 g/mol. The highest BCUT2D eigenvalue weighted by atomic mass is 79.9. The first-order valence-electron chi connectivity index (χ1n) is 3.75. The minimum atomic E-state index is -0.234. The molecule has 66 valence electrons. The number of benzene rings is 1. The lowest BCUT2D eigenvalue weighted by molar-refractivity contribution is 0.133. The Morgan fingerprint density at radius 1 is 1.50 bits per heavy atom. The van der Waals surface area contributed by atoms with Crippen molar-refractivity contribution in [1.82, 2.24) is 0 Å². The number of halogens is 2. The van der Waals surface area contributed by atoms with Gasteiger partial charge in [0.05, 0.1) is 6.61 Å². The van der Waals surface area contributed by atoms with Crippen LogP contribution in [-0.4, -0.2) is 6.61 Å². The van der Waals surface area contributed by atoms with Crippen molar-refractivity contribution in [2.45, 2.75) is 13.5 Å². The molecule has 0 atom stereocenters. The van der Waals surface area contributed by atoms with Gasteiger partial charge in [-0.2, -0.15) is 0 Å². The summed E-state index contributed by atoms with van der Waals surface area (Å²) in [5.74, 6) is -0.234. The van der Waals surface area contributed by atoms with Gasteiger partial charge in [0.15, 0.2) is 0 Å². The molecular weight excluding hydrogens is 223 g/mol. The van der Waals surface area contributed by atoms with Crippen molar-refractivity contribution < 1.29 is 9.13 Å². The third-order valence-corrected chi connectivity index (χ3v) is 2.22. The maximum atomic E-state index is 12.6. The molecule has 12 heavy (non-hydrogen) atoms. The van der Waals surface area contributed by atoms with Crippen molar-refractivity contribution >= 4 is 15.9 Å². The lowest BCUT2D eigenvalue weighted by Crippen LogP contribution is -1.93. The average Bonchev–Trinajstić information content (AvgIpc) is 2.03. The van der Waals surface area contributed by atoms with Gasteiger partial charge in [0.25, 0.3) is 0 Å². The van der Waals surface area contributed by atoms with E-state index in [0.29, 0.717) is 13.2 Å².